The van der Waals surface area contributed by atoms with Crippen LogP contribution in [0.3, 0.4) is 0 Å². The van der Waals surface area contributed by atoms with Crippen molar-refractivity contribution in [3.63, 3.8) is 0 Å². The second kappa shape index (κ2) is 6.60. The molecule has 1 aliphatic heterocycles. The maximum Gasteiger partial charge on any atom is 0.220 e. The molecule has 0 saturated heterocycles. The summed E-state index contributed by atoms with van der Waals surface area (Å²) in [5, 5.41) is 3.06. The van der Waals surface area contributed by atoms with Crippen LogP contribution in [-0.2, 0) is 11.2 Å². The summed E-state index contributed by atoms with van der Waals surface area (Å²) in [6, 6.07) is 14.1. The molecule has 1 amide bonds. The number of rotatable bonds is 4. The van der Waals surface area contributed by atoms with Gasteiger partial charge in [-0.2, -0.15) is 0 Å². The lowest BCUT2D eigenvalue weighted by atomic mass is 10.00. The second-order valence-corrected chi connectivity index (χ2v) is 5.42. The van der Waals surface area contributed by atoms with Gasteiger partial charge in [-0.25, -0.2) is 4.39 Å². The zero-order valence-corrected chi connectivity index (χ0v) is 12.2. The van der Waals surface area contributed by atoms with Crippen LogP contribution >= 0.6 is 0 Å². The smallest absolute Gasteiger partial charge is 0.220 e. The SMILES string of the molecule is O=C(CCc1ccc(F)cc1)N[C@H]1CCOc2ccccc21. The summed E-state index contributed by atoms with van der Waals surface area (Å²) in [6.07, 6.45) is 1.78. The number of ether oxygens (including phenoxy) is 1. The molecule has 2 aromatic carbocycles. The van der Waals surface area contributed by atoms with E-state index in [4.69, 9.17) is 4.74 Å². The summed E-state index contributed by atoms with van der Waals surface area (Å²) in [4.78, 5) is 12.1. The quantitative estimate of drug-likeness (QED) is 0.939. The number of amides is 1. The topological polar surface area (TPSA) is 38.3 Å². The molecule has 4 heteroatoms. The van der Waals surface area contributed by atoms with Gasteiger partial charge in [0.2, 0.25) is 5.91 Å². The van der Waals surface area contributed by atoms with Crippen molar-refractivity contribution in [1.82, 2.24) is 5.32 Å². The summed E-state index contributed by atoms with van der Waals surface area (Å²) in [7, 11) is 0. The number of nitrogens with one attached hydrogen (secondary N) is 1. The summed E-state index contributed by atoms with van der Waals surface area (Å²) < 4.78 is 18.4. The Labute approximate surface area is 129 Å². The van der Waals surface area contributed by atoms with E-state index in [-0.39, 0.29) is 17.8 Å². The molecule has 1 atom stereocenters. The average molecular weight is 299 g/mol. The zero-order chi connectivity index (χ0) is 15.4. The number of halogens is 1. The minimum absolute atomic E-state index is 0.00525. The molecule has 0 aliphatic carbocycles. The number of hydrogen-bond donors (Lipinski definition) is 1. The highest BCUT2D eigenvalue weighted by Crippen LogP contribution is 2.31. The molecular formula is C18H18FNO2. The van der Waals surface area contributed by atoms with Crippen molar-refractivity contribution in [1.29, 1.82) is 0 Å². The standard InChI is InChI=1S/C18H18FNO2/c19-14-8-5-13(6-9-14)7-10-18(21)20-16-11-12-22-17-4-2-1-3-15(16)17/h1-6,8-9,16H,7,10-12H2,(H,20,21)/t16-/m0/s1. The first-order chi connectivity index (χ1) is 10.7. The number of benzene rings is 2. The van der Waals surface area contributed by atoms with E-state index in [1.165, 1.54) is 12.1 Å². The minimum atomic E-state index is -0.257. The number of para-hydroxylation sites is 1. The first-order valence-corrected chi connectivity index (χ1v) is 7.48. The van der Waals surface area contributed by atoms with Crippen molar-refractivity contribution in [2.75, 3.05) is 6.61 Å². The first kappa shape index (κ1) is 14.6. The average Bonchev–Trinajstić information content (AvgIpc) is 2.55. The van der Waals surface area contributed by atoms with Gasteiger partial charge >= 0.3 is 0 Å². The number of fused-ring (bicyclic) bond motifs is 1. The first-order valence-electron chi connectivity index (χ1n) is 7.48. The highest BCUT2D eigenvalue weighted by molar-refractivity contribution is 5.76. The van der Waals surface area contributed by atoms with E-state index >= 15 is 0 Å². The van der Waals surface area contributed by atoms with Crippen molar-refractivity contribution < 1.29 is 13.9 Å². The Balaban J connectivity index is 1.57. The molecule has 3 nitrogen and oxygen atoms in total. The van der Waals surface area contributed by atoms with Crippen LogP contribution in [0.2, 0.25) is 0 Å². The highest BCUT2D eigenvalue weighted by Gasteiger charge is 2.22. The maximum atomic E-state index is 12.8. The second-order valence-electron chi connectivity index (χ2n) is 5.42. The lowest BCUT2D eigenvalue weighted by Gasteiger charge is -2.26. The zero-order valence-electron chi connectivity index (χ0n) is 12.2. The Kier molecular flexibility index (Phi) is 4.37. The van der Waals surface area contributed by atoms with Crippen LogP contribution < -0.4 is 10.1 Å². The Bertz CT molecular complexity index is 654. The molecule has 22 heavy (non-hydrogen) atoms. The van der Waals surface area contributed by atoms with Gasteiger partial charge in [-0.05, 0) is 30.2 Å². The molecule has 0 fully saturated rings. The van der Waals surface area contributed by atoms with Crippen LogP contribution in [-0.4, -0.2) is 12.5 Å². The lowest BCUT2D eigenvalue weighted by Crippen LogP contribution is -2.32. The molecule has 0 unspecified atom stereocenters. The third-order valence-corrected chi connectivity index (χ3v) is 3.85. The van der Waals surface area contributed by atoms with E-state index in [1.54, 1.807) is 12.1 Å². The fourth-order valence-electron chi connectivity index (χ4n) is 2.67. The molecule has 2 aromatic rings. The van der Waals surface area contributed by atoms with Crippen LogP contribution in [0, 0.1) is 5.82 Å². The summed E-state index contributed by atoms with van der Waals surface area (Å²) in [6.45, 7) is 0.611. The van der Waals surface area contributed by atoms with Crippen LogP contribution in [0.4, 0.5) is 4.39 Å². The largest absolute Gasteiger partial charge is 0.493 e. The summed E-state index contributed by atoms with van der Waals surface area (Å²) in [5.74, 6) is 0.593. The predicted octanol–water partition coefficient (Wildman–Crippen LogP) is 3.40. The van der Waals surface area contributed by atoms with Gasteiger partial charge in [0.05, 0.1) is 12.6 Å². The molecular weight excluding hydrogens is 281 g/mol. The van der Waals surface area contributed by atoms with Gasteiger partial charge in [0.1, 0.15) is 11.6 Å². The van der Waals surface area contributed by atoms with Gasteiger partial charge in [-0.3, -0.25) is 4.79 Å². The Morgan fingerprint density at radius 3 is 2.77 bits per heavy atom. The van der Waals surface area contributed by atoms with E-state index in [1.807, 2.05) is 24.3 Å². The molecule has 3 rings (SSSR count). The van der Waals surface area contributed by atoms with Gasteiger partial charge in [0, 0.05) is 18.4 Å². The van der Waals surface area contributed by atoms with E-state index in [2.05, 4.69) is 5.32 Å². The number of aryl methyl sites for hydroxylation is 1. The van der Waals surface area contributed by atoms with Crippen LogP contribution in [0.5, 0.6) is 5.75 Å². The normalized spacial score (nSPS) is 16.5. The maximum absolute atomic E-state index is 12.8. The van der Waals surface area contributed by atoms with Crippen molar-refractivity contribution in [2.24, 2.45) is 0 Å². The molecule has 0 spiro atoms. The van der Waals surface area contributed by atoms with E-state index in [0.717, 1.165) is 23.3 Å². The summed E-state index contributed by atoms with van der Waals surface area (Å²) >= 11 is 0. The van der Waals surface area contributed by atoms with Gasteiger partial charge < -0.3 is 10.1 Å². The Morgan fingerprint density at radius 1 is 1.18 bits per heavy atom. The molecule has 114 valence electrons. The number of carbonyl (C=O) groups is 1. The van der Waals surface area contributed by atoms with Gasteiger partial charge in [-0.1, -0.05) is 30.3 Å². The molecule has 1 N–H and O–H groups in total. The van der Waals surface area contributed by atoms with E-state index in [9.17, 15) is 9.18 Å². The molecule has 0 saturated carbocycles. The van der Waals surface area contributed by atoms with Crippen molar-refractivity contribution >= 4 is 5.91 Å². The van der Waals surface area contributed by atoms with Crippen LogP contribution in [0.15, 0.2) is 48.5 Å². The Hall–Kier alpha value is -2.36. The van der Waals surface area contributed by atoms with Crippen LogP contribution in [0.25, 0.3) is 0 Å². The third kappa shape index (κ3) is 3.45. The minimum Gasteiger partial charge on any atom is -0.493 e. The molecule has 1 heterocycles. The van der Waals surface area contributed by atoms with Gasteiger partial charge in [0.25, 0.3) is 0 Å². The fourth-order valence-corrected chi connectivity index (χ4v) is 2.67. The van der Waals surface area contributed by atoms with Gasteiger partial charge in [-0.15, -0.1) is 0 Å². The summed E-state index contributed by atoms with van der Waals surface area (Å²) in [5.41, 5.74) is 1.99. The molecule has 0 aromatic heterocycles. The van der Waals surface area contributed by atoms with Gasteiger partial charge in [0.15, 0.2) is 0 Å². The molecule has 1 aliphatic rings. The fraction of sp³-hybridized carbons (Fsp3) is 0.278. The number of hydrogen-bond acceptors (Lipinski definition) is 2. The monoisotopic (exact) mass is 299 g/mol. The van der Waals surface area contributed by atoms with Crippen molar-refractivity contribution in [3.05, 3.63) is 65.5 Å². The molecule has 0 bridgehead atoms. The third-order valence-electron chi connectivity index (χ3n) is 3.85. The van der Waals surface area contributed by atoms with Crippen molar-refractivity contribution in [2.45, 2.75) is 25.3 Å². The van der Waals surface area contributed by atoms with Crippen molar-refractivity contribution in [3.8, 4) is 5.75 Å². The van der Waals surface area contributed by atoms with Crippen LogP contribution in [0.1, 0.15) is 30.0 Å². The highest BCUT2D eigenvalue weighted by atomic mass is 19.1. The molecule has 0 radical (unpaired) electrons. The predicted molar refractivity (Wildman–Crippen MR) is 82.2 cm³/mol. The lowest BCUT2D eigenvalue weighted by molar-refractivity contribution is -0.122. The van der Waals surface area contributed by atoms with E-state index < -0.39 is 0 Å². The van der Waals surface area contributed by atoms with E-state index in [0.29, 0.717) is 19.4 Å². The number of carbonyl (C=O) groups excluding carboxylic acids is 1. The Morgan fingerprint density at radius 2 is 1.95 bits per heavy atom.